The van der Waals surface area contributed by atoms with Crippen molar-refractivity contribution in [1.82, 2.24) is 9.78 Å². The SMILES string of the molecule is O=C(O)c1cn(Cc2ccccc2)nc1-c1ccc(Br)s1. The lowest BCUT2D eigenvalue weighted by atomic mass is 10.2. The molecule has 3 rings (SSSR count). The van der Waals surface area contributed by atoms with E-state index in [4.69, 9.17) is 0 Å². The molecule has 0 radical (unpaired) electrons. The van der Waals surface area contributed by atoms with Crippen molar-refractivity contribution in [3.05, 3.63) is 63.6 Å². The molecule has 0 amide bonds. The second kappa shape index (κ2) is 5.83. The number of thiophene rings is 1. The Hall–Kier alpha value is -1.92. The summed E-state index contributed by atoms with van der Waals surface area (Å²) in [6.45, 7) is 0.549. The largest absolute Gasteiger partial charge is 0.478 e. The van der Waals surface area contributed by atoms with Crippen LogP contribution in [0.2, 0.25) is 0 Å². The third-order valence-corrected chi connectivity index (χ3v) is 4.62. The molecule has 1 aromatic carbocycles. The molecule has 21 heavy (non-hydrogen) atoms. The third kappa shape index (κ3) is 3.06. The Bertz CT molecular complexity index is 780. The van der Waals surface area contributed by atoms with Crippen molar-refractivity contribution in [1.29, 1.82) is 0 Å². The molecule has 0 unspecified atom stereocenters. The highest BCUT2D eigenvalue weighted by atomic mass is 79.9. The molecule has 0 bridgehead atoms. The van der Waals surface area contributed by atoms with Crippen LogP contribution >= 0.6 is 27.3 Å². The van der Waals surface area contributed by atoms with Crippen LogP contribution in [-0.2, 0) is 6.54 Å². The fraction of sp³-hybridized carbons (Fsp3) is 0.0667. The van der Waals surface area contributed by atoms with Crippen molar-refractivity contribution in [2.24, 2.45) is 0 Å². The number of carbonyl (C=O) groups is 1. The molecule has 6 heteroatoms. The molecule has 2 aromatic heterocycles. The van der Waals surface area contributed by atoms with Gasteiger partial charge in [-0.25, -0.2) is 4.79 Å². The van der Waals surface area contributed by atoms with E-state index in [0.29, 0.717) is 12.2 Å². The number of benzene rings is 1. The number of halogens is 1. The van der Waals surface area contributed by atoms with Gasteiger partial charge in [0.25, 0.3) is 0 Å². The zero-order chi connectivity index (χ0) is 14.8. The Morgan fingerprint density at radius 3 is 2.62 bits per heavy atom. The van der Waals surface area contributed by atoms with Crippen LogP contribution in [0, 0.1) is 0 Å². The van der Waals surface area contributed by atoms with Gasteiger partial charge in [0.15, 0.2) is 0 Å². The van der Waals surface area contributed by atoms with E-state index in [1.54, 1.807) is 10.9 Å². The Balaban J connectivity index is 1.99. The fourth-order valence-electron chi connectivity index (χ4n) is 2.05. The quantitative estimate of drug-likeness (QED) is 0.759. The summed E-state index contributed by atoms with van der Waals surface area (Å²) in [4.78, 5) is 12.2. The molecule has 2 heterocycles. The minimum Gasteiger partial charge on any atom is -0.478 e. The maximum Gasteiger partial charge on any atom is 0.339 e. The fourth-order valence-corrected chi connectivity index (χ4v) is 3.44. The van der Waals surface area contributed by atoms with Crippen LogP contribution in [0.4, 0.5) is 0 Å². The maximum atomic E-state index is 11.4. The Labute approximate surface area is 133 Å². The van der Waals surface area contributed by atoms with E-state index in [1.165, 1.54) is 11.3 Å². The van der Waals surface area contributed by atoms with Crippen LogP contribution in [-0.4, -0.2) is 20.9 Å². The van der Waals surface area contributed by atoms with E-state index in [2.05, 4.69) is 21.0 Å². The van der Waals surface area contributed by atoms with Gasteiger partial charge in [0.1, 0.15) is 11.3 Å². The van der Waals surface area contributed by atoms with Gasteiger partial charge < -0.3 is 5.11 Å². The highest BCUT2D eigenvalue weighted by Crippen LogP contribution is 2.32. The molecule has 0 aliphatic rings. The first kappa shape index (κ1) is 14.0. The van der Waals surface area contributed by atoms with Gasteiger partial charge in [-0.3, -0.25) is 4.68 Å². The van der Waals surface area contributed by atoms with Gasteiger partial charge in [0, 0.05) is 6.20 Å². The first-order chi connectivity index (χ1) is 10.1. The zero-order valence-corrected chi connectivity index (χ0v) is 13.3. The predicted octanol–water partition coefficient (Wildman–Crippen LogP) is 4.12. The van der Waals surface area contributed by atoms with E-state index in [0.717, 1.165) is 14.2 Å². The summed E-state index contributed by atoms with van der Waals surface area (Å²) in [6.07, 6.45) is 1.58. The number of aromatic nitrogens is 2. The van der Waals surface area contributed by atoms with Gasteiger partial charge in [0.05, 0.1) is 15.2 Å². The van der Waals surface area contributed by atoms with Gasteiger partial charge in [-0.1, -0.05) is 30.3 Å². The van der Waals surface area contributed by atoms with Gasteiger partial charge in [-0.2, -0.15) is 5.10 Å². The normalized spacial score (nSPS) is 10.7. The number of nitrogens with zero attached hydrogens (tertiary/aromatic N) is 2. The number of carboxylic acid groups (broad SMARTS) is 1. The highest BCUT2D eigenvalue weighted by molar-refractivity contribution is 9.11. The number of rotatable bonds is 4. The minimum absolute atomic E-state index is 0.222. The lowest BCUT2D eigenvalue weighted by Crippen LogP contribution is -2.00. The van der Waals surface area contributed by atoms with E-state index in [-0.39, 0.29) is 5.56 Å². The van der Waals surface area contributed by atoms with Crippen LogP contribution in [0.5, 0.6) is 0 Å². The number of hydrogen-bond acceptors (Lipinski definition) is 3. The van der Waals surface area contributed by atoms with Crippen LogP contribution in [0.1, 0.15) is 15.9 Å². The molecule has 3 aromatic rings. The monoisotopic (exact) mass is 362 g/mol. The second-order valence-corrected chi connectivity index (χ2v) is 6.95. The summed E-state index contributed by atoms with van der Waals surface area (Å²) in [5.74, 6) is -0.964. The van der Waals surface area contributed by atoms with Crippen LogP contribution in [0.3, 0.4) is 0 Å². The minimum atomic E-state index is -0.964. The van der Waals surface area contributed by atoms with E-state index >= 15 is 0 Å². The second-order valence-electron chi connectivity index (χ2n) is 4.48. The molecular formula is C15H11BrN2O2S. The zero-order valence-electron chi connectivity index (χ0n) is 10.9. The van der Waals surface area contributed by atoms with Gasteiger partial charge in [-0.15, -0.1) is 11.3 Å². The summed E-state index contributed by atoms with van der Waals surface area (Å²) in [7, 11) is 0. The summed E-state index contributed by atoms with van der Waals surface area (Å²) in [5, 5.41) is 13.8. The van der Waals surface area contributed by atoms with Crippen molar-refractivity contribution < 1.29 is 9.90 Å². The van der Waals surface area contributed by atoms with Gasteiger partial charge in [0.2, 0.25) is 0 Å². The Morgan fingerprint density at radius 1 is 1.24 bits per heavy atom. The molecule has 106 valence electrons. The van der Waals surface area contributed by atoms with Crippen LogP contribution < -0.4 is 0 Å². The van der Waals surface area contributed by atoms with Gasteiger partial charge >= 0.3 is 5.97 Å². The molecule has 1 N–H and O–H groups in total. The average Bonchev–Trinajstić information content (AvgIpc) is 3.06. The van der Waals surface area contributed by atoms with Crippen molar-refractivity contribution in [2.75, 3.05) is 0 Å². The van der Waals surface area contributed by atoms with E-state index < -0.39 is 5.97 Å². The smallest absolute Gasteiger partial charge is 0.339 e. The molecule has 0 saturated heterocycles. The summed E-state index contributed by atoms with van der Waals surface area (Å²) in [5.41, 5.74) is 1.81. The third-order valence-electron chi connectivity index (χ3n) is 2.99. The lowest BCUT2D eigenvalue weighted by Gasteiger charge is -2.00. The molecule has 0 spiro atoms. The predicted molar refractivity (Wildman–Crippen MR) is 85.7 cm³/mol. The average molecular weight is 363 g/mol. The molecule has 4 nitrogen and oxygen atoms in total. The maximum absolute atomic E-state index is 11.4. The Morgan fingerprint density at radius 2 is 2.00 bits per heavy atom. The molecule has 0 aliphatic heterocycles. The first-order valence-electron chi connectivity index (χ1n) is 6.24. The highest BCUT2D eigenvalue weighted by Gasteiger charge is 2.18. The van der Waals surface area contributed by atoms with Crippen molar-refractivity contribution in [3.63, 3.8) is 0 Å². The van der Waals surface area contributed by atoms with Crippen molar-refractivity contribution in [2.45, 2.75) is 6.54 Å². The standard InChI is InChI=1S/C15H11BrN2O2S/c16-13-7-6-12(21-13)14-11(15(19)20)9-18(17-14)8-10-4-2-1-3-5-10/h1-7,9H,8H2,(H,19,20). The van der Waals surface area contributed by atoms with Gasteiger partial charge in [-0.05, 0) is 33.6 Å². The van der Waals surface area contributed by atoms with Crippen LogP contribution in [0.25, 0.3) is 10.6 Å². The molecule has 0 fully saturated rings. The summed E-state index contributed by atoms with van der Waals surface area (Å²) in [6, 6.07) is 13.6. The lowest BCUT2D eigenvalue weighted by molar-refractivity contribution is 0.0697. The number of hydrogen-bond donors (Lipinski definition) is 1. The summed E-state index contributed by atoms with van der Waals surface area (Å²) >= 11 is 4.86. The van der Waals surface area contributed by atoms with Crippen molar-refractivity contribution >= 4 is 33.2 Å². The topological polar surface area (TPSA) is 55.1 Å². The molecule has 0 atom stereocenters. The first-order valence-corrected chi connectivity index (χ1v) is 7.85. The van der Waals surface area contributed by atoms with E-state index in [9.17, 15) is 9.90 Å². The van der Waals surface area contributed by atoms with E-state index in [1.807, 2.05) is 42.5 Å². The summed E-state index contributed by atoms with van der Waals surface area (Å²) < 4.78 is 2.62. The Kier molecular flexibility index (Phi) is 3.90. The number of aromatic carboxylic acids is 1. The van der Waals surface area contributed by atoms with Crippen LogP contribution in [0.15, 0.2) is 52.4 Å². The molecule has 0 saturated carbocycles. The molecule has 0 aliphatic carbocycles. The number of carboxylic acids is 1. The van der Waals surface area contributed by atoms with Crippen molar-refractivity contribution in [3.8, 4) is 10.6 Å². The molecular weight excluding hydrogens is 352 g/mol.